The maximum atomic E-state index is 13.5. The van der Waals surface area contributed by atoms with Crippen LogP contribution in [0.5, 0.6) is 0 Å². The minimum atomic E-state index is -0.579. The van der Waals surface area contributed by atoms with Gasteiger partial charge in [0, 0.05) is 12.1 Å². The number of carbonyl (C=O) groups excluding carboxylic acids is 1. The van der Waals surface area contributed by atoms with E-state index in [2.05, 4.69) is 15.5 Å². The average molecular weight is 330 g/mol. The topological polar surface area (TPSA) is 85.8 Å². The van der Waals surface area contributed by atoms with Gasteiger partial charge in [-0.15, -0.1) is 10.2 Å². The summed E-state index contributed by atoms with van der Waals surface area (Å²) in [7, 11) is 1.77. The summed E-state index contributed by atoms with van der Waals surface area (Å²) in [5.74, 6) is -0.219. The summed E-state index contributed by atoms with van der Waals surface area (Å²) in [6.07, 6.45) is 0. The fourth-order valence-electron chi connectivity index (χ4n) is 1.56. The molecular formula is C12H13ClFN5OS. The molecule has 6 nitrogen and oxygen atoms in total. The zero-order valence-electron chi connectivity index (χ0n) is 11.1. The SMILES string of the molecule is Cn1c(CN)nnc1SCC(=O)Nc1ccc(Cl)cc1F. The van der Waals surface area contributed by atoms with Gasteiger partial charge in [0.15, 0.2) is 5.16 Å². The summed E-state index contributed by atoms with van der Waals surface area (Å²) in [4.78, 5) is 11.8. The van der Waals surface area contributed by atoms with Gasteiger partial charge in [0.25, 0.3) is 0 Å². The molecule has 1 aromatic heterocycles. The van der Waals surface area contributed by atoms with E-state index in [-0.39, 0.29) is 28.9 Å². The number of anilines is 1. The Kier molecular flexibility index (Phi) is 5.16. The van der Waals surface area contributed by atoms with Crippen molar-refractivity contribution < 1.29 is 9.18 Å². The molecule has 9 heteroatoms. The molecule has 112 valence electrons. The number of nitrogens with two attached hydrogens (primary N) is 1. The van der Waals surface area contributed by atoms with Crippen LogP contribution in [0, 0.1) is 5.82 Å². The van der Waals surface area contributed by atoms with E-state index in [1.807, 2.05) is 0 Å². The summed E-state index contributed by atoms with van der Waals surface area (Å²) in [6.45, 7) is 0.270. The second-order valence-electron chi connectivity index (χ2n) is 4.12. The van der Waals surface area contributed by atoms with Crippen LogP contribution in [0.2, 0.25) is 5.02 Å². The monoisotopic (exact) mass is 329 g/mol. The van der Waals surface area contributed by atoms with Gasteiger partial charge < -0.3 is 15.6 Å². The largest absolute Gasteiger partial charge is 0.324 e. The van der Waals surface area contributed by atoms with Crippen LogP contribution in [0.3, 0.4) is 0 Å². The van der Waals surface area contributed by atoms with Gasteiger partial charge in [0.2, 0.25) is 5.91 Å². The smallest absolute Gasteiger partial charge is 0.234 e. The number of amides is 1. The van der Waals surface area contributed by atoms with Crippen molar-refractivity contribution in [1.29, 1.82) is 0 Å². The Morgan fingerprint density at radius 1 is 1.52 bits per heavy atom. The number of nitrogens with one attached hydrogen (secondary N) is 1. The van der Waals surface area contributed by atoms with E-state index in [1.165, 1.54) is 23.9 Å². The molecule has 0 radical (unpaired) electrons. The summed E-state index contributed by atoms with van der Waals surface area (Å²) >= 11 is 6.84. The molecule has 0 atom stereocenters. The molecule has 1 amide bonds. The normalized spacial score (nSPS) is 10.7. The van der Waals surface area contributed by atoms with E-state index >= 15 is 0 Å². The van der Waals surface area contributed by atoms with Crippen LogP contribution in [-0.2, 0) is 18.4 Å². The Hall–Kier alpha value is -1.64. The van der Waals surface area contributed by atoms with E-state index in [1.54, 1.807) is 11.6 Å². The first-order valence-electron chi connectivity index (χ1n) is 5.97. The lowest BCUT2D eigenvalue weighted by atomic mass is 10.3. The zero-order chi connectivity index (χ0) is 15.4. The van der Waals surface area contributed by atoms with E-state index in [9.17, 15) is 9.18 Å². The highest BCUT2D eigenvalue weighted by atomic mass is 35.5. The fraction of sp³-hybridized carbons (Fsp3) is 0.250. The lowest BCUT2D eigenvalue weighted by Gasteiger charge is -2.06. The molecule has 1 heterocycles. The third kappa shape index (κ3) is 3.93. The van der Waals surface area contributed by atoms with Crippen LogP contribution >= 0.6 is 23.4 Å². The number of carbonyl (C=O) groups is 1. The first-order valence-corrected chi connectivity index (χ1v) is 7.33. The third-order valence-electron chi connectivity index (χ3n) is 2.65. The number of thioether (sulfide) groups is 1. The number of aromatic nitrogens is 3. The van der Waals surface area contributed by atoms with Gasteiger partial charge >= 0.3 is 0 Å². The number of nitrogens with zero attached hydrogens (tertiary/aromatic N) is 3. The van der Waals surface area contributed by atoms with Crippen molar-refractivity contribution in [3.63, 3.8) is 0 Å². The van der Waals surface area contributed by atoms with E-state index in [0.29, 0.717) is 11.0 Å². The highest BCUT2D eigenvalue weighted by Gasteiger charge is 2.12. The summed E-state index contributed by atoms with van der Waals surface area (Å²) in [5.41, 5.74) is 5.58. The predicted octanol–water partition coefficient (Wildman–Crippen LogP) is 1.80. The van der Waals surface area contributed by atoms with Gasteiger partial charge in [-0.3, -0.25) is 4.79 Å². The van der Waals surface area contributed by atoms with E-state index in [0.717, 1.165) is 6.07 Å². The van der Waals surface area contributed by atoms with E-state index in [4.69, 9.17) is 17.3 Å². The first kappa shape index (κ1) is 15.7. The molecule has 0 aliphatic rings. The molecule has 3 N–H and O–H groups in total. The van der Waals surface area contributed by atoms with E-state index < -0.39 is 5.82 Å². The molecule has 0 saturated heterocycles. The van der Waals surface area contributed by atoms with Crippen LogP contribution in [0.15, 0.2) is 23.4 Å². The molecule has 0 unspecified atom stereocenters. The molecule has 0 bridgehead atoms. The molecule has 0 fully saturated rings. The van der Waals surface area contributed by atoms with Crippen molar-refractivity contribution >= 4 is 35.0 Å². The van der Waals surface area contributed by atoms with Crippen molar-refractivity contribution in [2.45, 2.75) is 11.7 Å². The molecule has 0 aliphatic heterocycles. The van der Waals surface area contributed by atoms with Gasteiger partial charge in [-0.2, -0.15) is 0 Å². The number of halogens is 2. The summed E-state index contributed by atoms with van der Waals surface area (Å²) in [6, 6.07) is 4.05. The Bertz CT molecular complexity index is 663. The summed E-state index contributed by atoms with van der Waals surface area (Å²) in [5, 5.41) is 11.1. The highest BCUT2D eigenvalue weighted by Crippen LogP contribution is 2.20. The molecule has 0 aliphatic carbocycles. The van der Waals surface area contributed by atoms with Crippen LogP contribution in [0.1, 0.15) is 5.82 Å². The third-order valence-corrected chi connectivity index (χ3v) is 3.90. The van der Waals surface area contributed by atoms with Crippen LogP contribution in [0.25, 0.3) is 0 Å². The maximum Gasteiger partial charge on any atom is 0.234 e. The maximum absolute atomic E-state index is 13.5. The van der Waals surface area contributed by atoms with Crippen LogP contribution in [0.4, 0.5) is 10.1 Å². The van der Waals surface area contributed by atoms with Crippen LogP contribution < -0.4 is 11.1 Å². The molecular weight excluding hydrogens is 317 g/mol. The van der Waals surface area contributed by atoms with Gasteiger partial charge in [-0.25, -0.2) is 4.39 Å². The van der Waals surface area contributed by atoms with Gasteiger partial charge in [-0.05, 0) is 18.2 Å². The summed E-state index contributed by atoms with van der Waals surface area (Å²) < 4.78 is 15.3. The standard InChI is InChI=1S/C12H13ClFN5OS/c1-19-10(5-15)17-18-12(19)21-6-11(20)16-9-3-2-7(13)4-8(9)14/h2-4H,5-6,15H2,1H3,(H,16,20). The zero-order valence-corrected chi connectivity index (χ0v) is 12.7. The fourth-order valence-corrected chi connectivity index (χ4v) is 2.44. The van der Waals surface area contributed by atoms with Gasteiger partial charge in [-0.1, -0.05) is 23.4 Å². The number of benzene rings is 1. The van der Waals surface area contributed by atoms with Crippen molar-refractivity contribution in [1.82, 2.24) is 14.8 Å². The lowest BCUT2D eigenvalue weighted by Crippen LogP contribution is -2.15. The molecule has 0 saturated carbocycles. The molecule has 1 aromatic carbocycles. The van der Waals surface area contributed by atoms with Crippen molar-refractivity contribution in [3.05, 3.63) is 34.9 Å². The highest BCUT2D eigenvalue weighted by molar-refractivity contribution is 7.99. The first-order chi connectivity index (χ1) is 10.0. The average Bonchev–Trinajstić information content (AvgIpc) is 2.80. The molecule has 2 aromatic rings. The lowest BCUT2D eigenvalue weighted by molar-refractivity contribution is -0.113. The minimum Gasteiger partial charge on any atom is -0.324 e. The van der Waals surface area contributed by atoms with Crippen LogP contribution in [-0.4, -0.2) is 26.4 Å². The second-order valence-corrected chi connectivity index (χ2v) is 5.50. The Morgan fingerprint density at radius 2 is 2.29 bits per heavy atom. The molecule has 21 heavy (non-hydrogen) atoms. The molecule has 2 rings (SSSR count). The molecule has 0 spiro atoms. The Labute approximate surface area is 129 Å². The Morgan fingerprint density at radius 3 is 2.90 bits per heavy atom. The van der Waals surface area contributed by atoms with Crippen molar-refractivity contribution in [3.8, 4) is 0 Å². The van der Waals surface area contributed by atoms with Crippen molar-refractivity contribution in [2.75, 3.05) is 11.1 Å². The van der Waals surface area contributed by atoms with Crippen molar-refractivity contribution in [2.24, 2.45) is 12.8 Å². The predicted molar refractivity (Wildman–Crippen MR) is 79.7 cm³/mol. The van der Waals surface area contributed by atoms with Gasteiger partial charge in [0.05, 0.1) is 18.0 Å². The van der Waals surface area contributed by atoms with Gasteiger partial charge in [0.1, 0.15) is 11.6 Å². The number of hydrogen-bond donors (Lipinski definition) is 2. The minimum absolute atomic E-state index is 0.0820. The number of hydrogen-bond acceptors (Lipinski definition) is 5. The Balaban J connectivity index is 1.94. The second kappa shape index (κ2) is 6.88. The quantitative estimate of drug-likeness (QED) is 0.817. The number of rotatable bonds is 5.